The van der Waals surface area contributed by atoms with Crippen molar-refractivity contribution in [2.24, 2.45) is 0 Å². The Balaban J connectivity index is 2.01. The molecule has 1 aromatic carbocycles. The minimum absolute atomic E-state index is 0.0196. The highest BCUT2D eigenvalue weighted by molar-refractivity contribution is 5.96. The van der Waals surface area contributed by atoms with Gasteiger partial charge >= 0.3 is 0 Å². The van der Waals surface area contributed by atoms with E-state index in [1.54, 1.807) is 6.92 Å². The molecule has 1 aromatic rings. The molecule has 1 N–H and O–H groups in total. The molecule has 19 heavy (non-hydrogen) atoms. The summed E-state index contributed by atoms with van der Waals surface area (Å²) < 4.78 is 5.32. The minimum atomic E-state index is 0.0196. The predicted octanol–water partition coefficient (Wildman–Crippen LogP) is 2.62. The zero-order valence-electron chi connectivity index (χ0n) is 11.0. The average Bonchev–Trinajstić information content (AvgIpc) is 2.46. The highest BCUT2D eigenvalue weighted by Crippen LogP contribution is 2.28. The van der Waals surface area contributed by atoms with Gasteiger partial charge in [-0.15, -0.1) is 0 Å². The van der Waals surface area contributed by atoms with E-state index in [-0.39, 0.29) is 12.4 Å². The Morgan fingerprint density at radius 1 is 1.37 bits per heavy atom. The van der Waals surface area contributed by atoms with Crippen molar-refractivity contribution in [1.82, 2.24) is 0 Å². The summed E-state index contributed by atoms with van der Waals surface area (Å²) in [4.78, 5) is 11.2. The molecule has 0 heterocycles. The summed E-state index contributed by atoms with van der Waals surface area (Å²) in [6, 6.07) is 7.86. The first-order valence-electron chi connectivity index (χ1n) is 6.43. The molecule has 3 nitrogen and oxygen atoms in total. The summed E-state index contributed by atoms with van der Waals surface area (Å²) in [5.74, 6) is 1.19. The number of hydrogen-bond donors (Lipinski definition) is 1. The van der Waals surface area contributed by atoms with Crippen LogP contribution in [0, 0.1) is 0 Å². The fourth-order valence-electron chi connectivity index (χ4n) is 2.10. The third-order valence-electron chi connectivity index (χ3n) is 3.17. The molecule has 2 rings (SSSR count). The lowest BCUT2D eigenvalue weighted by Gasteiger charge is -2.16. The van der Waals surface area contributed by atoms with Gasteiger partial charge in [-0.1, -0.05) is 30.4 Å². The highest BCUT2D eigenvalue weighted by atomic mass is 16.5. The Morgan fingerprint density at radius 2 is 2.11 bits per heavy atom. The summed E-state index contributed by atoms with van der Waals surface area (Å²) >= 11 is 0. The van der Waals surface area contributed by atoms with Crippen LogP contribution in [-0.4, -0.2) is 24.1 Å². The second-order valence-electron chi connectivity index (χ2n) is 4.56. The fourth-order valence-corrected chi connectivity index (χ4v) is 2.10. The van der Waals surface area contributed by atoms with Crippen molar-refractivity contribution in [3.63, 3.8) is 0 Å². The van der Waals surface area contributed by atoms with Crippen molar-refractivity contribution in [1.29, 1.82) is 0 Å². The minimum Gasteiger partial charge on any atom is -0.491 e. The van der Waals surface area contributed by atoms with Gasteiger partial charge in [-0.05, 0) is 31.0 Å². The number of Topliss-reactive ketones (excluding diaryl/α,β-unsaturated/α-hetero) is 1. The molecular formula is C16H18O3. The third-order valence-corrected chi connectivity index (χ3v) is 3.17. The number of ether oxygens (including phenoxy) is 1. The first kappa shape index (κ1) is 13.6. The normalized spacial score (nSPS) is 18.0. The van der Waals surface area contributed by atoms with Gasteiger partial charge in [0, 0.05) is 11.5 Å². The summed E-state index contributed by atoms with van der Waals surface area (Å²) in [5, 5.41) is 8.69. The van der Waals surface area contributed by atoms with Crippen molar-refractivity contribution in [2.75, 3.05) is 13.2 Å². The largest absolute Gasteiger partial charge is 0.491 e. The highest BCUT2D eigenvalue weighted by Gasteiger charge is 2.12. The lowest BCUT2D eigenvalue weighted by Crippen LogP contribution is -2.04. The number of benzene rings is 1. The summed E-state index contributed by atoms with van der Waals surface area (Å²) in [7, 11) is 0. The van der Waals surface area contributed by atoms with Crippen LogP contribution in [-0.2, 0) is 4.79 Å². The Hall–Kier alpha value is -1.87. The number of hydrogen-bond acceptors (Lipinski definition) is 3. The smallest absolute Gasteiger partial charge is 0.159 e. The molecule has 0 spiro atoms. The van der Waals surface area contributed by atoms with Gasteiger partial charge in [0.2, 0.25) is 0 Å². The van der Waals surface area contributed by atoms with E-state index >= 15 is 0 Å². The Morgan fingerprint density at radius 3 is 2.63 bits per heavy atom. The third kappa shape index (κ3) is 3.55. The molecule has 0 radical (unpaired) electrons. The second kappa shape index (κ2) is 6.34. The summed E-state index contributed by atoms with van der Waals surface area (Å²) in [6.07, 6.45) is 6.80. The van der Waals surface area contributed by atoms with Crippen molar-refractivity contribution in [2.45, 2.75) is 19.3 Å². The quantitative estimate of drug-likeness (QED) is 0.883. The van der Waals surface area contributed by atoms with Crippen LogP contribution in [0.2, 0.25) is 0 Å². The van der Waals surface area contributed by atoms with E-state index in [9.17, 15) is 4.79 Å². The maximum Gasteiger partial charge on any atom is 0.159 e. The maximum absolute atomic E-state index is 11.2. The number of carbonyl (C=O) groups excluding carboxylic acids is 1. The number of aliphatic hydroxyl groups is 1. The number of aliphatic hydroxyl groups excluding tert-OH is 1. The molecule has 1 atom stereocenters. The van der Waals surface area contributed by atoms with E-state index in [1.807, 2.05) is 36.4 Å². The van der Waals surface area contributed by atoms with Crippen LogP contribution in [0.15, 0.2) is 48.1 Å². The molecule has 0 bridgehead atoms. The van der Waals surface area contributed by atoms with Gasteiger partial charge in [-0.3, -0.25) is 4.79 Å². The Kier molecular flexibility index (Phi) is 4.53. The topological polar surface area (TPSA) is 46.5 Å². The standard InChI is InChI=1S/C16H18O3/c1-12(18)13-2-4-14(5-3-13)15-6-8-16(9-7-15)19-11-10-17/h2-4,6-9,14,17H,5,10-11H2,1H3. The van der Waals surface area contributed by atoms with E-state index in [0.29, 0.717) is 12.5 Å². The Bertz CT molecular complexity index is 497. The van der Waals surface area contributed by atoms with E-state index in [0.717, 1.165) is 17.7 Å². The lowest BCUT2D eigenvalue weighted by molar-refractivity contribution is -0.113. The summed E-state index contributed by atoms with van der Waals surface area (Å²) in [5.41, 5.74) is 1.99. The maximum atomic E-state index is 11.2. The molecule has 0 amide bonds. The molecule has 0 saturated carbocycles. The van der Waals surface area contributed by atoms with Crippen LogP contribution in [0.25, 0.3) is 0 Å². The molecule has 100 valence electrons. The monoisotopic (exact) mass is 258 g/mol. The first-order valence-corrected chi connectivity index (χ1v) is 6.43. The van der Waals surface area contributed by atoms with Crippen LogP contribution < -0.4 is 4.74 Å². The molecule has 3 heteroatoms. The number of allylic oxidation sites excluding steroid dienone is 4. The molecule has 1 unspecified atom stereocenters. The van der Waals surface area contributed by atoms with Crippen molar-refractivity contribution in [3.8, 4) is 5.75 Å². The summed E-state index contributed by atoms with van der Waals surface area (Å²) in [6.45, 7) is 1.92. The molecule has 0 saturated heterocycles. The van der Waals surface area contributed by atoms with Crippen LogP contribution in [0.1, 0.15) is 24.8 Å². The molecule has 0 aliphatic heterocycles. The predicted molar refractivity (Wildman–Crippen MR) is 74.3 cm³/mol. The Labute approximate surface area is 113 Å². The van der Waals surface area contributed by atoms with E-state index < -0.39 is 0 Å². The SMILES string of the molecule is CC(=O)C1=CCC(c2ccc(OCCO)cc2)C=C1. The molecule has 0 aromatic heterocycles. The molecule has 1 aliphatic carbocycles. The van der Waals surface area contributed by atoms with Crippen LogP contribution in [0.3, 0.4) is 0 Å². The lowest BCUT2D eigenvalue weighted by atomic mass is 9.89. The zero-order chi connectivity index (χ0) is 13.7. The molecular weight excluding hydrogens is 240 g/mol. The van der Waals surface area contributed by atoms with E-state index in [2.05, 4.69) is 6.08 Å². The fraction of sp³-hybridized carbons (Fsp3) is 0.312. The van der Waals surface area contributed by atoms with Crippen LogP contribution >= 0.6 is 0 Å². The van der Waals surface area contributed by atoms with Crippen molar-refractivity contribution < 1.29 is 14.6 Å². The number of rotatable bonds is 5. The van der Waals surface area contributed by atoms with Crippen LogP contribution in [0.4, 0.5) is 0 Å². The van der Waals surface area contributed by atoms with Gasteiger partial charge in [0.25, 0.3) is 0 Å². The van der Waals surface area contributed by atoms with Gasteiger partial charge < -0.3 is 9.84 Å². The first-order chi connectivity index (χ1) is 9.20. The van der Waals surface area contributed by atoms with E-state index in [4.69, 9.17) is 9.84 Å². The molecule has 0 fully saturated rings. The average molecular weight is 258 g/mol. The number of ketones is 1. The van der Waals surface area contributed by atoms with Crippen molar-refractivity contribution >= 4 is 5.78 Å². The van der Waals surface area contributed by atoms with Gasteiger partial charge in [-0.2, -0.15) is 0 Å². The second-order valence-corrected chi connectivity index (χ2v) is 4.56. The molecule has 1 aliphatic rings. The van der Waals surface area contributed by atoms with Gasteiger partial charge in [0.1, 0.15) is 12.4 Å². The van der Waals surface area contributed by atoms with Crippen LogP contribution in [0.5, 0.6) is 5.75 Å². The zero-order valence-corrected chi connectivity index (χ0v) is 11.0. The van der Waals surface area contributed by atoms with Crippen molar-refractivity contribution in [3.05, 3.63) is 53.6 Å². The van der Waals surface area contributed by atoms with Gasteiger partial charge in [-0.25, -0.2) is 0 Å². The van der Waals surface area contributed by atoms with Gasteiger partial charge in [0.15, 0.2) is 5.78 Å². The van der Waals surface area contributed by atoms with E-state index in [1.165, 1.54) is 5.56 Å². The van der Waals surface area contributed by atoms with Gasteiger partial charge in [0.05, 0.1) is 6.61 Å². The number of carbonyl (C=O) groups is 1.